The van der Waals surface area contributed by atoms with Gasteiger partial charge in [0.05, 0.1) is 11.9 Å². The Morgan fingerprint density at radius 2 is 1.70 bits per heavy atom. The highest BCUT2D eigenvalue weighted by Gasteiger charge is 2.15. The lowest BCUT2D eigenvalue weighted by Gasteiger charge is -2.13. The monoisotopic (exact) mass is 466 g/mol. The molecule has 0 saturated heterocycles. The number of carbonyl (C=O) groups excluding carboxylic acids is 2. The Morgan fingerprint density at radius 3 is 2.39 bits per heavy atom. The SMILES string of the molecule is CCCCOc1ccc(NC(=O)C(C)Sc2cccc(NC(=O)c3ccc(F)cc3)c2)cc1. The molecule has 172 valence electrons. The first-order chi connectivity index (χ1) is 15.9. The number of ether oxygens (including phenoxy) is 1. The maximum atomic E-state index is 13.1. The van der Waals surface area contributed by atoms with Crippen LogP contribution in [0.2, 0.25) is 0 Å². The molecule has 0 aliphatic heterocycles. The molecule has 0 fully saturated rings. The van der Waals surface area contributed by atoms with Crippen molar-refractivity contribution < 1.29 is 18.7 Å². The molecule has 2 amide bonds. The Bertz CT molecular complexity index is 1070. The zero-order chi connectivity index (χ0) is 23.6. The van der Waals surface area contributed by atoms with Crippen LogP contribution in [0.4, 0.5) is 15.8 Å². The van der Waals surface area contributed by atoms with E-state index in [0.29, 0.717) is 23.5 Å². The number of amides is 2. The van der Waals surface area contributed by atoms with Crippen molar-refractivity contribution in [1.82, 2.24) is 0 Å². The van der Waals surface area contributed by atoms with Crippen molar-refractivity contribution in [1.29, 1.82) is 0 Å². The molecular formula is C26H27FN2O3S. The first kappa shape index (κ1) is 24.3. The van der Waals surface area contributed by atoms with Crippen LogP contribution in [-0.4, -0.2) is 23.7 Å². The van der Waals surface area contributed by atoms with Crippen LogP contribution >= 0.6 is 11.8 Å². The molecule has 2 N–H and O–H groups in total. The van der Waals surface area contributed by atoms with E-state index in [-0.39, 0.29) is 17.1 Å². The Balaban J connectivity index is 1.54. The van der Waals surface area contributed by atoms with Crippen LogP contribution in [-0.2, 0) is 4.79 Å². The minimum absolute atomic E-state index is 0.125. The lowest BCUT2D eigenvalue weighted by molar-refractivity contribution is -0.115. The quantitative estimate of drug-likeness (QED) is 0.269. The highest BCUT2D eigenvalue weighted by molar-refractivity contribution is 8.00. The fourth-order valence-corrected chi connectivity index (χ4v) is 3.85. The smallest absolute Gasteiger partial charge is 0.255 e. The molecule has 0 aromatic heterocycles. The number of halogens is 1. The van der Waals surface area contributed by atoms with Gasteiger partial charge in [-0.2, -0.15) is 0 Å². The molecule has 0 saturated carbocycles. The molecule has 5 nitrogen and oxygen atoms in total. The number of hydrogen-bond acceptors (Lipinski definition) is 4. The predicted molar refractivity (Wildman–Crippen MR) is 132 cm³/mol. The maximum absolute atomic E-state index is 13.1. The number of carbonyl (C=O) groups is 2. The minimum Gasteiger partial charge on any atom is -0.494 e. The summed E-state index contributed by atoms with van der Waals surface area (Å²) in [6, 6.07) is 19.9. The average molecular weight is 467 g/mol. The number of thioether (sulfide) groups is 1. The van der Waals surface area contributed by atoms with E-state index in [2.05, 4.69) is 17.6 Å². The lowest BCUT2D eigenvalue weighted by Crippen LogP contribution is -2.22. The third-order valence-corrected chi connectivity index (χ3v) is 5.86. The van der Waals surface area contributed by atoms with Gasteiger partial charge in [-0.3, -0.25) is 9.59 Å². The molecule has 3 aromatic rings. The standard InChI is InChI=1S/C26H27FN2O3S/c1-3-4-16-32-23-14-12-21(13-15-23)28-25(30)18(2)33-24-7-5-6-22(17-24)29-26(31)19-8-10-20(27)11-9-19/h5-15,17-18H,3-4,16H2,1-2H3,(H,28,30)(H,29,31). The van der Waals surface area contributed by atoms with E-state index in [4.69, 9.17) is 4.74 Å². The summed E-state index contributed by atoms with van der Waals surface area (Å²) in [5, 5.41) is 5.36. The highest BCUT2D eigenvalue weighted by Crippen LogP contribution is 2.27. The van der Waals surface area contributed by atoms with Gasteiger partial charge in [-0.05, 0) is 80.1 Å². The Labute approximate surface area is 197 Å². The number of anilines is 2. The number of hydrogen-bond donors (Lipinski definition) is 2. The zero-order valence-corrected chi connectivity index (χ0v) is 19.5. The van der Waals surface area contributed by atoms with Crippen molar-refractivity contribution in [2.45, 2.75) is 36.8 Å². The summed E-state index contributed by atoms with van der Waals surface area (Å²) in [5.41, 5.74) is 1.67. The van der Waals surface area contributed by atoms with Gasteiger partial charge >= 0.3 is 0 Å². The van der Waals surface area contributed by atoms with Crippen LogP contribution in [0.15, 0.2) is 77.7 Å². The van der Waals surface area contributed by atoms with Crippen LogP contribution in [0.5, 0.6) is 5.75 Å². The predicted octanol–water partition coefficient (Wildman–Crippen LogP) is 6.38. The Kier molecular flexibility index (Phi) is 8.89. The van der Waals surface area contributed by atoms with Crippen molar-refractivity contribution >= 4 is 35.0 Å². The maximum Gasteiger partial charge on any atom is 0.255 e. The third kappa shape index (κ3) is 7.64. The molecule has 0 aliphatic carbocycles. The summed E-state index contributed by atoms with van der Waals surface area (Å²) < 4.78 is 18.7. The van der Waals surface area contributed by atoms with E-state index >= 15 is 0 Å². The van der Waals surface area contributed by atoms with E-state index in [9.17, 15) is 14.0 Å². The Hall–Kier alpha value is -3.32. The topological polar surface area (TPSA) is 67.4 Å². The molecule has 3 rings (SSSR count). The van der Waals surface area contributed by atoms with Crippen molar-refractivity contribution in [3.8, 4) is 5.75 Å². The van der Waals surface area contributed by atoms with Gasteiger partial charge in [0.2, 0.25) is 5.91 Å². The molecule has 0 radical (unpaired) electrons. The summed E-state index contributed by atoms with van der Waals surface area (Å²) in [5.74, 6) is -0.0673. The first-order valence-corrected chi connectivity index (χ1v) is 11.7. The molecular weight excluding hydrogens is 439 g/mol. The van der Waals surface area contributed by atoms with Crippen LogP contribution in [0, 0.1) is 5.82 Å². The minimum atomic E-state index is -0.395. The van der Waals surface area contributed by atoms with Crippen LogP contribution < -0.4 is 15.4 Å². The van der Waals surface area contributed by atoms with Gasteiger partial charge < -0.3 is 15.4 Å². The fourth-order valence-electron chi connectivity index (χ4n) is 2.92. The second kappa shape index (κ2) is 12.1. The fraction of sp³-hybridized carbons (Fsp3) is 0.231. The normalized spacial score (nSPS) is 11.5. The van der Waals surface area contributed by atoms with E-state index in [1.165, 1.54) is 36.0 Å². The molecule has 0 aliphatic rings. The number of benzene rings is 3. The van der Waals surface area contributed by atoms with Gasteiger partial charge in [0.15, 0.2) is 0 Å². The third-order valence-electron chi connectivity index (χ3n) is 4.77. The zero-order valence-electron chi connectivity index (χ0n) is 18.6. The van der Waals surface area contributed by atoms with Crippen molar-refractivity contribution in [3.63, 3.8) is 0 Å². The molecule has 1 atom stereocenters. The van der Waals surface area contributed by atoms with Gasteiger partial charge in [-0.25, -0.2) is 4.39 Å². The summed E-state index contributed by atoms with van der Waals surface area (Å²) in [4.78, 5) is 25.8. The number of rotatable bonds is 10. The molecule has 0 spiro atoms. The van der Waals surface area contributed by atoms with Gasteiger partial charge in [0, 0.05) is 21.8 Å². The van der Waals surface area contributed by atoms with Crippen LogP contribution in [0.25, 0.3) is 0 Å². The van der Waals surface area contributed by atoms with E-state index in [1.807, 2.05) is 43.3 Å². The molecule has 7 heteroatoms. The number of nitrogens with one attached hydrogen (secondary N) is 2. The lowest BCUT2D eigenvalue weighted by atomic mass is 10.2. The van der Waals surface area contributed by atoms with Crippen LogP contribution in [0.1, 0.15) is 37.0 Å². The number of unbranched alkanes of at least 4 members (excludes halogenated alkanes) is 1. The second-order valence-electron chi connectivity index (χ2n) is 7.46. The van der Waals surface area contributed by atoms with Crippen molar-refractivity contribution in [2.24, 2.45) is 0 Å². The first-order valence-electron chi connectivity index (χ1n) is 10.8. The summed E-state index contributed by atoms with van der Waals surface area (Å²) in [7, 11) is 0. The van der Waals surface area contributed by atoms with E-state index in [1.54, 1.807) is 12.1 Å². The summed E-state index contributed by atoms with van der Waals surface area (Å²) >= 11 is 1.39. The largest absolute Gasteiger partial charge is 0.494 e. The summed E-state index contributed by atoms with van der Waals surface area (Å²) in [6.45, 7) is 4.62. The van der Waals surface area contributed by atoms with E-state index in [0.717, 1.165) is 23.5 Å². The van der Waals surface area contributed by atoms with Gasteiger partial charge in [-0.15, -0.1) is 11.8 Å². The molecule has 3 aromatic carbocycles. The van der Waals surface area contributed by atoms with Gasteiger partial charge in [0.25, 0.3) is 5.91 Å². The molecule has 0 bridgehead atoms. The van der Waals surface area contributed by atoms with Crippen LogP contribution in [0.3, 0.4) is 0 Å². The second-order valence-corrected chi connectivity index (χ2v) is 8.88. The highest BCUT2D eigenvalue weighted by atomic mass is 32.2. The van der Waals surface area contributed by atoms with Crippen molar-refractivity contribution in [2.75, 3.05) is 17.2 Å². The average Bonchev–Trinajstić information content (AvgIpc) is 2.81. The Morgan fingerprint density at radius 1 is 0.970 bits per heavy atom. The van der Waals surface area contributed by atoms with Crippen molar-refractivity contribution in [3.05, 3.63) is 84.2 Å². The van der Waals surface area contributed by atoms with Gasteiger partial charge in [-0.1, -0.05) is 19.4 Å². The van der Waals surface area contributed by atoms with E-state index < -0.39 is 5.82 Å². The molecule has 1 unspecified atom stereocenters. The molecule has 33 heavy (non-hydrogen) atoms. The summed E-state index contributed by atoms with van der Waals surface area (Å²) in [6.07, 6.45) is 2.08. The molecule has 0 heterocycles. The van der Waals surface area contributed by atoms with Gasteiger partial charge in [0.1, 0.15) is 11.6 Å².